The van der Waals surface area contributed by atoms with Crippen molar-refractivity contribution in [2.75, 3.05) is 13.2 Å². The highest BCUT2D eigenvalue weighted by atomic mass is 16.5. The fraction of sp³-hybridized carbons (Fsp3) is 0.478. The number of nitriles is 1. The standard InChI is InChI=1S/C23H27N5O3/c1-3-18(19-8-4-7-16(13-24)25-19)26-22(29)17-12-20(28-10-11-31-14-21(17)28)23(30)27-9-5-6-15(27)2/h4,7-8,12,15,18H,3,5-6,9-11,14H2,1-2H3,(H,26,29)/t15-,18+/m0/s1. The molecule has 2 atom stereocenters. The topological polar surface area (TPSA) is 100 Å². The Balaban J connectivity index is 1.62. The van der Waals surface area contributed by atoms with Gasteiger partial charge in [-0.25, -0.2) is 4.98 Å². The number of nitrogens with zero attached hydrogens (tertiary/aromatic N) is 4. The highest BCUT2D eigenvalue weighted by Gasteiger charge is 2.32. The summed E-state index contributed by atoms with van der Waals surface area (Å²) >= 11 is 0. The van der Waals surface area contributed by atoms with Crippen molar-refractivity contribution in [3.05, 3.63) is 52.6 Å². The minimum Gasteiger partial charge on any atom is -0.373 e. The molecule has 1 saturated heterocycles. The van der Waals surface area contributed by atoms with Gasteiger partial charge in [0.2, 0.25) is 0 Å². The van der Waals surface area contributed by atoms with E-state index < -0.39 is 0 Å². The number of ether oxygens (including phenoxy) is 1. The lowest BCUT2D eigenvalue weighted by molar-refractivity contribution is 0.0683. The summed E-state index contributed by atoms with van der Waals surface area (Å²) in [6, 6.07) is 8.81. The number of hydrogen-bond donors (Lipinski definition) is 1. The van der Waals surface area contributed by atoms with E-state index in [2.05, 4.69) is 17.2 Å². The van der Waals surface area contributed by atoms with Crippen molar-refractivity contribution in [2.45, 2.75) is 58.3 Å². The molecule has 4 rings (SSSR count). The van der Waals surface area contributed by atoms with Gasteiger partial charge in [-0.2, -0.15) is 5.26 Å². The normalized spacial score (nSPS) is 18.9. The summed E-state index contributed by atoms with van der Waals surface area (Å²) in [5.41, 5.74) is 2.70. The van der Waals surface area contributed by atoms with Gasteiger partial charge in [0.05, 0.1) is 36.2 Å². The van der Waals surface area contributed by atoms with E-state index in [9.17, 15) is 9.59 Å². The first kappa shape index (κ1) is 21.1. The maximum Gasteiger partial charge on any atom is 0.270 e. The number of hydrogen-bond acceptors (Lipinski definition) is 5. The van der Waals surface area contributed by atoms with Crippen LogP contribution in [0.15, 0.2) is 24.3 Å². The van der Waals surface area contributed by atoms with Crippen LogP contribution < -0.4 is 5.32 Å². The second-order valence-corrected chi connectivity index (χ2v) is 8.08. The molecular weight excluding hydrogens is 394 g/mol. The maximum absolute atomic E-state index is 13.2. The van der Waals surface area contributed by atoms with Gasteiger partial charge in [-0.1, -0.05) is 13.0 Å². The zero-order chi connectivity index (χ0) is 22.0. The number of fused-ring (bicyclic) bond motifs is 1. The van der Waals surface area contributed by atoms with E-state index in [1.54, 1.807) is 24.3 Å². The van der Waals surface area contributed by atoms with Gasteiger partial charge < -0.3 is 19.5 Å². The van der Waals surface area contributed by atoms with Crippen LogP contribution in [0.1, 0.15) is 77.1 Å². The first-order valence-electron chi connectivity index (χ1n) is 10.8. The number of pyridine rings is 1. The van der Waals surface area contributed by atoms with Crippen LogP contribution in [-0.2, 0) is 17.9 Å². The van der Waals surface area contributed by atoms with Crippen molar-refractivity contribution in [1.82, 2.24) is 19.8 Å². The van der Waals surface area contributed by atoms with Crippen LogP contribution in [0.3, 0.4) is 0 Å². The number of rotatable bonds is 5. The molecule has 0 spiro atoms. The zero-order valence-corrected chi connectivity index (χ0v) is 17.9. The molecule has 0 aliphatic carbocycles. The molecule has 4 heterocycles. The molecule has 2 aliphatic rings. The number of carbonyl (C=O) groups excluding carboxylic acids is 2. The van der Waals surface area contributed by atoms with Crippen LogP contribution in [0.5, 0.6) is 0 Å². The van der Waals surface area contributed by atoms with Crippen molar-refractivity contribution >= 4 is 11.8 Å². The molecule has 162 valence electrons. The predicted octanol–water partition coefficient (Wildman–Crippen LogP) is 2.79. The molecule has 0 aromatic carbocycles. The van der Waals surface area contributed by atoms with Gasteiger partial charge in [-0.05, 0) is 44.4 Å². The van der Waals surface area contributed by atoms with Crippen LogP contribution in [0.25, 0.3) is 0 Å². The lowest BCUT2D eigenvalue weighted by atomic mass is 10.1. The largest absolute Gasteiger partial charge is 0.373 e. The number of nitrogens with one attached hydrogen (secondary N) is 1. The molecular formula is C23H27N5O3. The minimum atomic E-state index is -0.335. The van der Waals surface area contributed by atoms with Crippen LogP contribution in [-0.4, -0.2) is 45.5 Å². The highest BCUT2D eigenvalue weighted by molar-refractivity contribution is 6.01. The van der Waals surface area contributed by atoms with Gasteiger partial charge >= 0.3 is 0 Å². The van der Waals surface area contributed by atoms with E-state index >= 15 is 0 Å². The number of carbonyl (C=O) groups is 2. The predicted molar refractivity (Wildman–Crippen MR) is 113 cm³/mol. The van der Waals surface area contributed by atoms with E-state index in [0.717, 1.165) is 25.1 Å². The molecule has 2 aromatic heterocycles. The Morgan fingerprint density at radius 1 is 1.39 bits per heavy atom. The maximum atomic E-state index is 13.2. The lowest BCUT2D eigenvalue weighted by Crippen LogP contribution is -2.35. The third kappa shape index (κ3) is 4.06. The Kier molecular flexibility index (Phi) is 6.05. The third-order valence-corrected chi connectivity index (χ3v) is 6.14. The fourth-order valence-electron chi connectivity index (χ4n) is 4.41. The smallest absolute Gasteiger partial charge is 0.270 e. The van der Waals surface area contributed by atoms with Gasteiger partial charge in [-0.3, -0.25) is 9.59 Å². The number of aromatic nitrogens is 2. The third-order valence-electron chi connectivity index (χ3n) is 6.14. The molecule has 0 bridgehead atoms. The fourth-order valence-corrected chi connectivity index (χ4v) is 4.41. The molecule has 0 radical (unpaired) electrons. The molecule has 0 saturated carbocycles. The summed E-state index contributed by atoms with van der Waals surface area (Å²) < 4.78 is 7.53. The van der Waals surface area contributed by atoms with Crippen LogP contribution in [0, 0.1) is 11.3 Å². The molecule has 31 heavy (non-hydrogen) atoms. The Labute approximate surface area is 181 Å². The average molecular weight is 422 g/mol. The van der Waals surface area contributed by atoms with Crippen molar-refractivity contribution in [2.24, 2.45) is 0 Å². The molecule has 2 aliphatic heterocycles. The second kappa shape index (κ2) is 8.90. The number of likely N-dealkylation sites (tertiary alicyclic amines) is 1. The molecule has 2 amide bonds. The minimum absolute atomic E-state index is 0.0253. The summed E-state index contributed by atoms with van der Waals surface area (Å²) in [5, 5.41) is 12.1. The van der Waals surface area contributed by atoms with Crippen molar-refractivity contribution in [1.29, 1.82) is 5.26 Å². The van der Waals surface area contributed by atoms with Gasteiger partial charge in [-0.15, -0.1) is 0 Å². The Morgan fingerprint density at radius 2 is 2.23 bits per heavy atom. The summed E-state index contributed by atoms with van der Waals surface area (Å²) in [4.78, 5) is 32.7. The Bertz CT molecular complexity index is 1040. The summed E-state index contributed by atoms with van der Waals surface area (Å²) in [6.45, 7) is 6.13. The lowest BCUT2D eigenvalue weighted by Gasteiger charge is -2.24. The van der Waals surface area contributed by atoms with E-state index in [-0.39, 0.29) is 23.9 Å². The van der Waals surface area contributed by atoms with Gasteiger partial charge in [0, 0.05) is 19.1 Å². The number of amides is 2. The van der Waals surface area contributed by atoms with Crippen LogP contribution >= 0.6 is 0 Å². The van der Waals surface area contributed by atoms with E-state index in [1.165, 1.54) is 0 Å². The Hall–Kier alpha value is -3.18. The molecule has 0 unspecified atom stereocenters. The first-order chi connectivity index (χ1) is 15.0. The molecule has 2 aromatic rings. The van der Waals surface area contributed by atoms with E-state index in [0.29, 0.717) is 48.8 Å². The van der Waals surface area contributed by atoms with Gasteiger partial charge in [0.15, 0.2) is 0 Å². The quantitative estimate of drug-likeness (QED) is 0.800. The molecule has 1 fully saturated rings. The molecule has 8 nitrogen and oxygen atoms in total. The van der Waals surface area contributed by atoms with Gasteiger partial charge in [0.25, 0.3) is 11.8 Å². The zero-order valence-electron chi connectivity index (χ0n) is 17.9. The van der Waals surface area contributed by atoms with E-state index in [1.807, 2.05) is 22.5 Å². The SMILES string of the molecule is CC[C@@H](NC(=O)c1cc(C(=O)N2CCC[C@@H]2C)n2c1COCC2)c1cccc(C#N)n1. The van der Waals surface area contributed by atoms with Crippen molar-refractivity contribution in [3.63, 3.8) is 0 Å². The first-order valence-corrected chi connectivity index (χ1v) is 10.8. The van der Waals surface area contributed by atoms with Crippen LogP contribution in [0.2, 0.25) is 0 Å². The van der Waals surface area contributed by atoms with E-state index in [4.69, 9.17) is 10.00 Å². The monoisotopic (exact) mass is 421 g/mol. The van der Waals surface area contributed by atoms with Crippen molar-refractivity contribution in [3.8, 4) is 6.07 Å². The van der Waals surface area contributed by atoms with Crippen LogP contribution in [0.4, 0.5) is 0 Å². The van der Waals surface area contributed by atoms with Gasteiger partial charge in [0.1, 0.15) is 17.5 Å². The molecule has 1 N–H and O–H groups in total. The summed E-state index contributed by atoms with van der Waals surface area (Å²) in [7, 11) is 0. The average Bonchev–Trinajstić information content (AvgIpc) is 3.40. The molecule has 8 heteroatoms. The summed E-state index contributed by atoms with van der Waals surface area (Å²) in [5.74, 6) is -0.290. The van der Waals surface area contributed by atoms with Crippen molar-refractivity contribution < 1.29 is 14.3 Å². The second-order valence-electron chi connectivity index (χ2n) is 8.08. The highest BCUT2D eigenvalue weighted by Crippen LogP contribution is 2.26. The Morgan fingerprint density at radius 3 is 2.94 bits per heavy atom. The summed E-state index contributed by atoms with van der Waals surface area (Å²) in [6.07, 6.45) is 2.63.